The van der Waals surface area contributed by atoms with Crippen molar-refractivity contribution in [1.29, 1.82) is 0 Å². The van der Waals surface area contributed by atoms with Gasteiger partial charge in [0.25, 0.3) is 0 Å². The molecule has 1 unspecified atom stereocenters. The van der Waals surface area contributed by atoms with Crippen molar-refractivity contribution < 1.29 is 28.6 Å². The Balaban J connectivity index is 4.45. The van der Waals surface area contributed by atoms with Gasteiger partial charge in [-0.3, -0.25) is 14.4 Å². The summed E-state index contributed by atoms with van der Waals surface area (Å²) in [4.78, 5) is 37.8. The summed E-state index contributed by atoms with van der Waals surface area (Å²) in [5.41, 5.74) is 0. The van der Waals surface area contributed by atoms with E-state index in [1.165, 1.54) is 77.0 Å². The number of hydrogen-bond donors (Lipinski definition) is 0. The zero-order valence-electron chi connectivity index (χ0n) is 39.7. The molecule has 61 heavy (non-hydrogen) atoms. The van der Waals surface area contributed by atoms with Crippen LogP contribution in [0.4, 0.5) is 0 Å². The average Bonchev–Trinajstić information content (AvgIpc) is 3.26. The van der Waals surface area contributed by atoms with Crippen LogP contribution in [0.15, 0.2) is 85.1 Å². The Morgan fingerprint density at radius 3 is 1.18 bits per heavy atom. The van der Waals surface area contributed by atoms with E-state index >= 15 is 0 Å². The van der Waals surface area contributed by atoms with E-state index in [1.807, 2.05) is 0 Å². The van der Waals surface area contributed by atoms with Crippen molar-refractivity contribution in [2.24, 2.45) is 0 Å². The van der Waals surface area contributed by atoms with Crippen LogP contribution in [-0.2, 0) is 28.6 Å². The van der Waals surface area contributed by atoms with Gasteiger partial charge in [0.2, 0.25) is 0 Å². The van der Waals surface area contributed by atoms with Gasteiger partial charge in [0.1, 0.15) is 13.2 Å². The number of hydrogen-bond acceptors (Lipinski definition) is 6. The molecule has 1 atom stereocenters. The van der Waals surface area contributed by atoms with E-state index in [2.05, 4.69) is 106 Å². The summed E-state index contributed by atoms with van der Waals surface area (Å²) in [5.74, 6) is -0.995. The molecule has 0 rings (SSSR count). The fraction of sp³-hybridized carbons (Fsp3) is 0.691. The molecule has 6 nitrogen and oxygen atoms in total. The van der Waals surface area contributed by atoms with Crippen LogP contribution in [0.1, 0.15) is 226 Å². The molecule has 0 aliphatic rings. The number of carbonyl (C=O) groups is 3. The number of ether oxygens (including phenoxy) is 3. The SMILES string of the molecule is CC/C=C\C/C=C\CCCCC(=O)OCC(COC(=O)CCCCCCC\C=C/C=C\C=C/CCCCCCC)OC(=O)CCCCC/C=C\C=C/CCCCCCCCC. The van der Waals surface area contributed by atoms with Gasteiger partial charge < -0.3 is 14.2 Å². The Morgan fingerprint density at radius 2 is 0.705 bits per heavy atom. The van der Waals surface area contributed by atoms with Gasteiger partial charge in [-0.25, -0.2) is 0 Å². The zero-order chi connectivity index (χ0) is 44.4. The summed E-state index contributed by atoms with van der Waals surface area (Å²) >= 11 is 0. The lowest BCUT2D eigenvalue weighted by Crippen LogP contribution is -2.30. The van der Waals surface area contributed by atoms with Crippen molar-refractivity contribution in [2.75, 3.05) is 13.2 Å². The Kier molecular flexibility index (Phi) is 46.5. The lowest BCUT2D eigenvalue weighted by molar-refractivity contribution is -0.167. The average molecular weight is 849 g/mol. The van der Waals surface area contributed by atoms with E-state index in [-0.39, 0.29) is 37.5 Å². The van der Waals surface area contributed by atoms with Gasteiger partial charge in [0, 0.05) is 19.3 Å². The Labute approximate surface area is 375 Å². The van der Waals surface area contributed by atoms with E-state index in [0.717, 1.165) is 109 Å². The summed E-state index contributed by atoms with van der Waals surface area (Å²) in [5, 5.41) is 0. The summed E-state index contributed by atoms with van der Waals surface area (Å²) in [6, 6.07) is 0. The molecule has 0 heterocycles. The van der Waals surface area contributed by atoms with Gasteiger partial charge in [0.15, 0.2) is 6.10 Å². The predicted octanol–water partition coefficient (Wildman–Crippen LogP) is 16.4. The minimum atomic E-state index is -0.811. The van der Waals surface area contributed by atoms with Crippen LogP contribution < -0.4 is 0 Å². The van der Waals surface area contributed by atoms with Gasteiger partial charge in [0.05, 0.1) is 0 Å². The summed E-state index contributed by atoms with van der Waals surface area (Å²) in [7, 11) is 0. The normalized spacial score (nSPS) is 12.8. The van der Waals surface area contributed by atoms with E-state index in [4.69, 9.17) is 14.2 Å². The smallest absolute Gasteiger partial charge is 0.306 e. The summed E-state index contributed by atoms with van der Waals surface area (Å²) < 4.78 is 16.7. The molecular weight excluding hydrogens is 757 g/mol. The first-order valence-corrected chi connectivity index (χ1v) is 25.1. The highest BCUT2D eigenvalue weighted by atomic mass is 16.6. The second kappa shape index (κ2) is 49.2. The van der Waals surface area contributed by atoms with Crippen molar-refractivity contribution in [3.63, 3.8) is 0 Å². The number of esters is 3. The van der Waals surface area contributed by atoms with Crippen molar-refractivity contribution >= 4 is 17.9 Å². The molecule has 0 bridgehead atoms. The van der Waals surface area contributed by atoms with Crippen LogP contribution in [0.2, 0.25) is 0 Å². The largest absolute Gasteiger partial charge is 0.462 e. The molecule has 0 aromatic rings. The Bertz CT molecular complexity index is 1200. The molecule has 0 amide bonds. The quantitative estimate of drug-likeness (QED) is 0.0200. The fourth-order valence-corrected chi connectivity index (χ4v) is 6.65. The molecule has 0 aromatic carbocycles. The molecule has 0 radical (unpaired) electrons. The van der Waals surface area contributed by atoms with Crippen LogP contribution in [0.5, 0.6) is 0 Å². The van der Waals surface area contributed by atoms with Crippen LogP contribution in [0, 0.1) is 0 Å². The van der Waals surface area contributed by atoms with E-state index in [1.54, 1.807) is 0 Å². The lowest BCUT2D eigenvalue weighted by atomic mass is 10.1. The second-order valence-corrected chi connectivity index (χ2v) is 16.4. The molecule has 6 heteroatoms. The molecule has 0 aliphatic carbocycles. The summed E-state index contributed by atoms with van der Waals surface area (Å²) in [6.07, 6.45) is 62.9. The highest BCUT2D eigenvalue weighted by molar-refractivity contribution is 5.71. The van der Waals surface area contributed by atoms with Crippen LogP contribution >= 0.6 is 0 Å². The topological polar surface area (TPSA) is 78.9 Å². The Hall–Kier alpha value is -3.41. The summed E-state index contributed by atoms with van der Waals surface area (Å²) in [6.45, 7) is 6.41. The van der Waals surface area contributed by atoms with Crippen molar-refractivity contribution in [3.05, 3.63) is 85.1 Å². The van der Waals surface area contributed by atoms with E-state index in [9.17, 15) is 14.4 Å². The molecule has 0 N–H and O–H groups in total. The molecule has 0 saturated heterocycles. The highest BCUT2D eigenvalue weighted by Gasteiger charge is 2.19. The van der Waals surface area contributed by atoms with E-state index in [0.29, 0.717) is 12.8 Å². The molecule has 0 aliphatic heterocycles. The number of allylic oxidation sites excluding steroid dienone is 14. The maximum atomic E-state index is 12.8. The van der Waals surface area contributed by atoms with Gasteiger partial charge >= 0.3 is 17.9 Å². The van der Waals surface area contributed by atoms with Gasteiger partial charge in [-0.1, -0.05) is 196 Å². The third kappa shape index (κ3) is 47.5. The van der Waals surface area contributed by atoms with Crippen molar-refractivity contribution in [3.8, 4) is 0 Å². The second-order valence-electron chi connectivity index (χ2n) is 16.4. The first-order valence-electron chi connectivity index (χ1n) is 25.1. The Morgan fingerprint density at radius 1 is 0.361 bits per heavy atom. The standard InChI is InChI=1S/C55H92O6/c1-4-7-10-13-16-19-21-23-25-27-28-30-31-33-36-39-42-45-48-54(57)60-51-52(50-59-53(56)47-44-41-38-35-18-15-12-9-6-3)61-55(58)49-46-43-40-37-34-32-29-26-24-22-20-17-14-11-8-5-2/h9,12,18,21,23,25-30,32,34-35,52H,4-8,10-11,13-17,19-20,22,24,31,33,36-51H2,1-3H3/b12-9-,23-21-,27-25-,29-26-,30-28-,34-32-,35-18-. The molecule has 0 spiro atoms. The third-order valence-corrected chi connectivity index (χ3v) is 10.4. The van der Waals surface area contributed by atoms with Crippen molar-refractivity contribution in [1.82, 2.24) is 0 Å². The highest BCUT2D eigenvalue weighted by Crippen LogP contribution is 2.12. The van der Waals surface area contributed by atoms with Gasteiger partial charge in [-0.2, -0.15) is 0 Å². The first kappa shape index (κ1) is 57.6. The molecule has 0 aromatic heterocycles. The first-order chi connectivity index (χ1) is 30.0. The van der Waals surface area contributed by atoms with Gasteiger partial charge in [-0.05, 0) is 96.3 Å². The van der Waals surface area contributed by atoms with Crippen molar-refractivity contribution in [2.45, 2.75) is 232 Å². The van der Waals surface area contributed by atoms with E-state index < -0.39 is 6.10 Å². The molecule has 0 saturated carbocycles. The minimum Gasteiger partial charge on any atom is -0.462 e. The maximum absolute atomic E-state index is 12.8. The number of carbonyl (C=O) groups excluding carboxylic acids is 3. The number of unbranched alkanes of at least 4 members (excludes halogenated alkanes) is 22. The number of rotatable bonds is 44. The van der Waals surface area contributed by atoms with Crippen LogP contribution in [-0.4, -0.2) is 37.2 Å². The lowest BCUT2D eigenvalue weighted by Gasteiger charge is -2.18. The molecule has 0 fully saturated rings. The minimum absolute atomic E-state index is 0.109. The molecule has 348 valence electrons. The van der Waals surface area contributed by atoms with Crippen LogP contribution in [0.25, 0.3) is 0 Å². The predicted molar refractivity (Wildman–Crippen MR) is 261 cm³/mol. The monoisotopic (exact) mass is 849 g/mol. The van der Waals surface area contributed by atoms with Gasteiger partial charge in [-0.15, -0.1) is 0 Å². The maximum Gasteiger partial charge on any atom is 0.306 e. The molecular formula is C55H92O6. The zero-order valence-corrected chi connectivity index (χ0v) is 39.7. The third-order valence-electron chi connectivity index (χ3n) is 10.4. The van der Waals surface area contributed by atoms with Crippen LogP contribution in [0.3, 0.4) is 0 Å². The fourth-order valence-electron chi connectivity index (χ4n) is 6.65.